The van der Waals surface area contributed by atoms with Gasteiger partial charge < -0.3 is 92.8 Å². The van der Waals surface area contributed by atoms with Gasteiger partial charge in [-0.3, -0.25) is 4.90 Å². The lowest BCUT2D eigenvalue weighted by Crippen LogP contribution is -2.67. The van der Waals surface area contributed by atoms with E-state index in [2.05, 4.69) is 15.3 Å². The van der Waals surface area contributed by atoms with Crippen molar-refractivity contribution in [1.82, 2.24) is 10.2 Å². The number of aliphatic hydroxyl groups excluding tert-OH is 7. The standard InChI is InChI=1S/C38H56N8O14/c1-16-38(55,15-48)32(34(57-16)59-31-24(45-36(41)42)27(50)23(44-35(39)40)28(51)30(31)53)60-33-25(29(52)26(49)22(13-47)58-33)46(2)12-11-43-37(54)56-14-21-19-9-5-3-7-17(19)18-8-4-6-10-20(18)21/h3-10,16,21-34,47-53,55H,11-15H2,1-2H3,(H,43,54)(H4,39,40,44)(H4,41,42,45)/t16-,22?,23?,24+,25?,26+,27?,28-,29-,30?,31+,32?,33+,34+,38+/m1/s1. The maximum absolute atomic E-state index is 12.9. The second kappa shape index (κ2) is 18.8. The van der Waals surface area contributed by atoms with E-state index in [0.29, 0.717) is 0 Å². The van der Waals surface area contributed by atoms with Crippen molar-refractivity contribution in [1.29, 1.82) is 0 Å². The molecule has 22 heteroatoms. The molecule has 0 aromatic heterocycles. The third kappa shape index (κ3) is 8.88. The zero-order valence-corrected chi connectivity index (χ0v) is 33.0. The molecule has 2 aromatic rings. The summed E-state index contributed by atoms with van der Waals surface area (Å²) in [5.41, 5.74) is 24.2. The highest BCUT2D eigenvalue weighted by molar-refractivity contribution is 5.79. The van der Waals surface area contributed by atoms with E-state index >= 15 is 0 Å². The number of nitrogens with zero attached hydrogens (tertiary/aromatic N) is 3. The Hall–Kier alpha value is -4.27. The molecule has 0 radical (unpaired) electrons. The third-order valence-corrected chi connectivity index (χ3v) is 11.7. The van der Waals surface area contributed by atoms with E-state index in [1.807, 2.05) is 48.5 Å². The number of likely N-dealkylation sites (N-methyl/N-ethyl adjacent to an activating group) is 1. The summed E-state index contributed by atoms with van der Waals surface area (Å²) in [4.78, 5) is 22.2. The second-order valence-corrected chi connectivity index (χ2v) is 15.4. The molecule has 6 rings (SSSR count). The van der Waals surface area contributed by atoms with Crippen molar-refractivity contribution in [2.24, 2.45) is 32.9 Å². The molecule has 3 fully saturated rings. The Morgan fingerprint density at radius 3 is 2.00 bits per heavy atom. The fourth-order valence-electron chi connectivity index (χ4n) is 8.45. The summed E-state index contributed by atoms with van der Waals surface area (Å²) in [6.07, 6.45) is -18.8. The summed E-state index contributed by atoms with van der Waals surface area (Å²) >= 11 is 0. The van der Waals surface area contributed by atoms with Gasteiger partial charge >= 0.3 is 6.09 Å². The van der Waals surface area contributed by atoms with Crippen LogP contribution in [0.5, 0.6) is 0 Å². The molecular formula is C38H56N8O14. The molecule has 0 spiro atoms. The molecule has 22 nitrogen and oxygen atoms in total. The predicted molar refractivity (Wildman–Crippen MR) is 211 cm³/mol. The number of ether oxygens (including phenoxy) is 5. The first-order valence-corrected chi connectivity index (χ1v) is 19.4. The number of fused-ring (bicyclic) bond motifs is 3. The van der Waals surface area contributed by atoms with Gasteiger partial charge in [-0.25, -0.2) is 14.8 Å². The van der Waals surface area contributed by atoms with Gasteiger partial charge in [0, 0.05) is 19.0 Å². The van der Waals surface area contributed by atoms with E-state index in [-0.39, 0.29) is 25.6 Å². The van der Waals surface area contributed by atoms with Crippen LogP contribution in [-0.2, 0) is 23.7 Å². The van der Waals surface area contributed by atoms with Crippen molar-refractivity contribution in [2.45, 2.75) is 104 Å². The molecule has 1 amide bonds. The molecule has 2 aliphatic heterocycles. The summed E-state index contributed by atoms with van der Waals surface area (Å²) in [6.45, 7) is -0.277. The number of amides is 1. The van der Waals surface area contributed by atoms with Crippen molar-refractivity contribution in [3.8, 4) is 11.1 Å². The molecule has 6 unspecified atom stereocenters. The summed E-state index contributed by atoms with van der Waals surface area (Å²) < 4.78 is 29.8. The fraction of sp³-hybridized carbons (Fsp3) is 0.605. The SMILES string of the molecule is C[C@H]1O[C@@H](O[C@@H]2C(O)[C@H](O)C(N=C(N)N)C(O)[C@@H]2N=C(N)N)C(O[C@@H]2OC(CO)[C@H](O)[C@H](O)C2N(C)CCNC(=O)OCC2c3ccccc3-c3ccccc32)[C@]1(O)CO. The number of nitrogens with two attached hydrogens (primary N) is 4. The van der Waals surface area contributed by atoms with Crippen LogP contribution >= 0.6 is 0 Å². The van der Waals surface area contributed by atoms with Gasteiger partial charge in [0.25, 0.3) is 0 Å². The van der Waals surface area contributed by atoms with Crippen molar-refractivity contribution >= 4 is 18.0 Å². The lowest BCUT2D eigenvalue weighted by molar-refractivity contribution is -0.327. The largest absolute Gasteiger partial charge is 0.449 e. The molecular weight excluding hydrogens is 792 g/mol. The highest BCUT2D eigenvalue weighted by Crippen LogP contribution is 2.45. The number of benzene rings is 2. The molecule has 2 saturated heterocycles. The topological polar surface area (TPSA) is 369 Å². The lowest BCUT2D eigenvalue weighted by Gasteiger charge is -2.48. The van der Waals surface area contributed by atoms with Crippen LogP contribution in [0.25, 0.3) is 11.1 Å². The number of rotatable bonds is 14. The molecule has 1 saturated carbocycles. The molecule has 17 N–H and O–H groups in total. The number of aliphatic imine (C=N–C) groups is 2. The number of aliphatic hydroxyl groups is 8. The first kappa shape index (κ1) is 45.3. The first-order chi connectivity index (χ1) is 28.5. The average molecular weight is 849 g/mol. The number of hydrogen-bond donors (Lipinski definition) is 13. The highest BCUT2D eigenvalue weighted by Gasteiger charge is 2.61. The van der Waals surface area contributed by atoms with Crippen LogP contribution in [0, 0.1) is 0 Å². The van der Waals surface area contributed by atoms with Gasteiger partial charge in [0.1, 0.15) is 73.1 Å². The van der Waals surface area contributed by atoms with Crippen LogP contribution in [0.2, 0.25) is 0 Å². The van der Waals surface area contributed by atoms with Crippen LogP contribution in [0.4, 0.5) is 4.79 Å². The van der Waals surface area contributed by atoms with Gasteiger partial charge in [0.05, 0.1) is 25.4 Å². The molecule has 4 aliphatic rings. The Labute approximate surface area is 344 Å². The molecule has 2 heterocycles. The lowest BCUT2D eigenvalue weighted by atomic mass is 9.81. The molecule has 332 valence electrons. The van der Waals surface area contributed by atoms with E-state index in [9.17, 15) is 45.6 Å². The van der Waals surface area contributed by atoms with E-state index in [4.69, 9.17) is 46.6 Å². The van der Waals surface area contributed by atoms with Crippen LogP contribution in [0.15, 0.2) is 58.5 Å². The van der Waals surface area contributed by atoms with Crippen molar-refractivity contribution in [2.75, 3.05) is 40.0 Å². The number of alkyl carbamates (subject to hydrolysis) is 1. The Balaban J connectivity index is 1.16. The monoisotopic (exact) mass is 848 g/mol. The van der Waals surface area contributed by atoms with Crippen molar-refractivity contribution < 1.29 is 69.3 Å². The average Bonchev–Trinajstić information content (AvgIpc) is 3.66. The zero-order valence-electron chi connectivity index (χ0n) is 33.0. The van der Waals surface area contributed by atoms with Crippen LogP contribution in [-0.4, -0.2) is 195 Å². The van der Waals surface area contributed by atoms with E-state index in [0.717, 1.165) is 22.3 Å². The Morgan fingerprint density at radius 1 is 0.817 bits per heavy atom. The molecule has 2 aromatic carbocycles. The first-order valence-electron chi connectivity index (χ1n) is 19.4. The Kier molecular flexibility index (Phi) is 14.2. The summed E-state index contributed by atoms with van der Waals surface area (Å²) in [6, 6.07) is 11.5. The van der Waals surface area contributed by atoms with Gasteiger partial charge in [-0.15, -0.1) is 0 Å². The number of nitrogens with one attached hydrogen (secondary N) is 1. The zero-order chi connectivity index (χ0) is 43.6. The number of carbonyl (C=O) groups is 1. The minimum absolute atomic E-state index is 0.0181. The minimum atomic E-state index is -2.26. The van der Waals surface area contributed by atoms with Gasteiger partial charge in [-0.2, -0.15) is 0 Å². The maximum atomic E-state index is 12.9. The van der Waals surface area contributed by atoms with Crippen LogP contribution in [0.1, 0.15) is 24.0 Å². The van der Waals surface area contributed by atoms with Crippen LogP contribution in [0.3, 0.4) is 0 Å². The van der Waals surface area contributed by atoms with Crippen molar-refractivity contribution in [3.63, 3.8) is 0 Å². The fourth-order valence-corrected chi connectivity index (χ4v) is 8.45. The number of guanidine groups is 2. The normalized spacial score (nSPS) is 36.3. The van der Waals surface area contributed by atoms with Gasteiger partial charge in [-0.05, 0) is 36.2 Å². The predicted octanol–water partition coefficient (Wildman–Crippen LogP) is -5.12. The van der Waals surface area contributed by atoms with Crippen molar-refractivity contribution in [3.05, 3.63) is 59.7 Å². The van der Waals surface area contributed by atoms with E-state index in [1.54, 1.807) is 0 Å². The van der Waals surface area contributed by atoms with Gasteiger partial charge in [0.15, 0.2) is 24.5 Å². The summed E-state index contributed by atoms with van der Waals surface area (Å²) in [5.74, 6) is -1.23. The number of carbonyl (C=O) groups excluding carboxylic acids is 1. The highest BCUT2D eigenvalue weighted by atomic mass is 16.8. The van der Waals surface area contributed by atoms with E-state index < -0.39 is 122 Å². The smallest absolute Gasteiger partial charge is 0.407 e. The van der Waals surface area contributed by atoms with Gasteiger partial charge in [-0.1, -0.05) is 48.5 Å². The Bertz CT molecular complexity index is 1810. The van der Waals surface area contributed by atoms with Crippen LogP contribution < -0.4 is 28.3 Å². The quantitative estimate of drug-likeness (QED) is 0.0624. The minimum Gasteiger partial charge on any atom is -0.449 e. The molecule has 15 atom stereocenters. The third-order valence-electron chi connectivity index (χ3n) is 11.7. The summed E-state index contributed by atoms with van der Waals surface area (Å²) in [7, 11) is 1.53. The molecule has 2 aliphatic carbocycles. The second-order valence-electron chi connectivity index (χ2n) is 15.4. The van der Waals surface area contributed by atoms with E-state index in [1.165, 1.54) is 18.9 Å². The molecule has 60 heavy (non-hydrogen) atoms. The molecule has 0 bridgehead atoms. The Morgan fingerprint density at radius 2 is 1.42 bits per heavy atom. The maximum Gasteiger partial charge on any atom is 0.407 e. The summed E-state index contributed by atoms with van der Waals surface area (Å²) in [5, 5.41) is 90.5. The number of hydrogen-bond acceptors (Lipinski definition) is 17. The van der Waals surface area contributed by atoms with Gasteiger partial charge in [0.2, 0.25) is 0 Å².